The number of hydrogen-bond acceptors (Lipinski definition) is 8. The lowest BCUT2D eigenvalue weighted by atomic mass is 10.1. The van der Waals surface area contributed by atoms with Crippen molar-refractivity contribution in [2.24, 2.45) is 0 Å². The Labute approximate surface area is 176 Å². The lowest BCUT2D eigenvalue weighted by Crippen LogP contribution is -2.35. The van der Waals surface area contributed by atoms with E-state index >= 15 is 0 Å². The number of hydrogen-bond donors (Lipinski definition) is 2. The number of nitrogens with one attached hydrogen (secondary N) is 2. The van der Waals surface area contributed by atoms with Crippen molar-refractivity contribution in [3.63, 3.8) is 0 Å². The maximum atomic E-state index is 12.1. The van der Waals surface area contributed by atoms with Crippen LogP contribution in [0.25, 0.3) is 22.8 Å². The van der Waals surface area contributed by atoms with Crippen molar-refractivity contribution in [2.45, 2.75) is 25.8 Å². The van der Waals surface area contributed by atoms with E-state index in [1.165, 1.54) is 0 Å². The van der Waals surface area contributed by atoms with Gasteiger partial charge in [0.15, 0.2) is 0 Å². The molecule has 0 aliphatic carbocycles. The van der Waals surface area contributed by atoms with E-state index in [1.807, 2.05) is 19.1 Å². The minimum absolute atomic E-state index is 0. The fraction of sp³-hybridized carbons (Fsp3) is 0.381. The Morgan fingerprint density at radius 2 is 1.93 bits per heavy atom. The molecular formula is C21H27N7O2. The topological polar surface area (TPSA) is 109 Å². The van der Waals surface area contributed by atoms with Crippen molar-refractivity contribution >= 4 is 11.9 Å². The van der Waals surface area contributed by atoms with Crippen LogP contribution in [0.1, 0.15) is 30.3 Å². The van der Waals surface area contributed by atoms with Gasteiger partial charge in [-0.25, -0.2) is 4.98 Å². The third kappa shape index (κ3) is 4.30. The first kappa shape index (κ1) is 20.0. The van der Waals surface area contributed by atoms with Crippen LogP contribution in [0.4, 0.5) is 6.01 Å². The molecule has 1 saturated heterocycles. The fourth-order valence-electron chi connectivity index (χ4n) is 3.35. The van der Waals surface area contributed by atoms with E-state index in [-0.39, 0.29) is 7.33 Å². The highest BCUT2D eigenvalue weighted by molar-refractivity contribution is 5.94. The van der Waals surface area contributed by atoms with Crippen LogP contribution in [0.3, 0.4) is 0 Å². The third-order valence-electron chi connectivity index (χ3n) is 5.08. The van der Waals surface area contributed by atoms with Crippen LogP contribution in [0.2, 0.25) is 0 Å². The Morgan fingerprint density at radius 1 is 1.20 bits per heavy atom. The zero-order valence-electron chi connectivity index (χ0n) is 17.3. The normalized spacial score (nSPS) is 14.5. The van der Waals surface area contributed by atoms with Gasteiger partial charge in [0.05, 0.1) is 17.6 Å². The quantitative estimate of drug-likeness (QED) is 0.662. The van der Waals surface area contributed by atoms with Crippen LogP contribution in [-0.4, -0.2) is 64.2 Å². The van der Waals surface area contributed by atoms with Crippen molar-refractivity contribution in [3.8, 4) is 22.8 Å². The average molecular weight is 409 g/mol. The van der Waals surface area contributed by atoms with E-state index < -0.39 is 0 Å². The minimum Gasteiger partial charge on any atom is -0.402 e. The summed E-state index contributed by atoms with van der Waals surface area (Å²) in [5, 5.41) is 14.9. The molecule has 0 spiro atoms. The molecule has 2 N–H and O–H groups in total. The Bertz CT molecular complexity index is 1030. The van der Waals surface area contributed by atoms with Crippen LogP contribution in [0.15, 0.2) is 34.9 Å². The predicted molar refractivity (Wildman–Crippen MR) is 115 cm³/mol. The van der Waals surface area contributed by atoms with Crippen molar-refractivity contribution in [2.75, 3.05) is 32.5 Å². The van der Waals surface area contributed by atoms with Gasteiger partial charge < -0.3 is 20.0 Å². The highest BCUT2D eigenvalue weighted by atomic mass is 16.4. The number of carbonyl (C=O) groups excluding carboxylic acids is 1. The number of piperidine rings is 1. The molecule has 1 amide bonds. The third-order valence-corrected chi connectivity index (χ3v) is 5.08. The van der Waals surface area contributed by atoms with E-state index in [4.69, 9.17) is 9.40 Å². The van der Waals surface area contributed by atoms with Crippen LogP contribution in [0.5, 0.6) is 0 Å². The Kier molecular flexibility index (Phi) is 5.71. The SMILES string of the molecule is Cc1ncc(-c2ccc(C(=O)N(C)C)cc2)nc1-c1nnc(NC2CCNCC2)o1.[HH]. The van der Waals surface area contributed by atoms with Crippen LogP contribution >= 0.6 is 0 Å². The molecule has 1 fully saturated rings. The molecule has 1 aromatic carbocycles. The van der Waals surface area contributed by atoms with Gasteiger partial charge in [-0.3, -0.25) is 9.78 Å². The molecule has 3 aromatic rings. The second kappa shape index (κ2) is 8.58. The highest BCUT2D eigenvalue weighted by Gasteiger charge is 2.19. The van der Waals surface area contributed by atoms with Gasteiger partial charge in [-0.1, -0.05) is 17.2 Å². The van der Waals surface area contributed by atoms with Crippen LogP contribution < -0.4 is 10.6 Å². The zero-order chi connectivity index (χ0) is 21.1. The Balaban J connectivity index is 0.00000272. The first-order valence-corrected chi connectivity index (χ1v) is 9.98. The van der Waals surface area contributed by atoms with Gasteiger partial charge in [0.1, 0.15) is 5.69 Å². The minimum atomic E-state index is -0.0446. The number of anilines is 1. The predicted octanol–water partition coefficient (Wildman–Crippen LogP) is 2.61. The zero-order valence-corrected chi connectivity index (χ0v) is 17.3. The summed E-state index contributed by atoms with van der Waals surface area (Å²) in [5.74, 6) is 0.287. The second-order valence-electron chi connectivity index (χ2n) is 7.55. The molecule has 0 unspecified atom stereocenters. The van der Waals surface area contributed by atoms with Crippen molar-refractivity contribution in [1.82, 2.24) is 30.4 Å². The van der Waals surface area contributed by atoms with E-state index in [1.54, 1.807) is 37.3 Å². The van der Waals surface area contributed by atoms with Gasteiger partial charge in [-0.15, -0.1) is 5.10 Å². The summed E-state index contributed by atoms with van der Waals surface area (Å²) < 4.78 is 5.81. The molecule has 0 atom stereocenters. The van der Waals surface area contributed by atoms with Crippen LogP contribution in [-0.2, 0) is 0 Å². The molecule has 3 heterocycles. The molecule has 0 saturated carbocycles. The number of rotatable bonds is 5. The van der Waals surface area contributed by atoms with Crippen molar-refractivity contribution in [1.29, 1.82) is 0 Å². The first-order chi connectivity index (χ1) is 14.5. The van der Waals surface area contributed by atoms with Gasteiger partial charge in [-0.05, 0) is 45.0 Å². The summed E-state index contributed by atoms with van der Waals surface area (Å²) in [7, 11) is 3.46. The molecule has 9 nitrogen and oxygen atoms in total. The lowest BCUT2D eigenvalue weighted by molar-refractivity contribution is 0.0827. The average Bonchev–Trinajstić information content (AvgIpc) is 3.22. The number of amides is 1. The molecule has 0 bridgehead atoms. The summed E-state index contributed by atoms with van der Waals surface area (Å²) in [6, 6.07) is 8.01. The van der Waals surface area contributed by atoms with E-state index in [2.05, 4.69) is 25.8 Å². The van der Waals surface area contributed by atoms with Gasteiger partial charge >= 0.3 is 6.01 Å². The number of benzene rings is 1. The molecule has 158 valence electrons. The summed E-state index contributed by atoms with van der Waals surface area (Å²) in [6.45, 7) is 3.81. The highest BCUT2D eigenvalue weighted by Crippen LogP contribution is 2.25. The van der Waals surface area contributed by atoms with Gasteiger partial charge in [-0.2, -0.15) is 0 Å². The lowest BCUT2D eigenvalue weighted by Gasteiger charge is -2.22. The van der Waals surface area contributed by atoms with Gasteiger partial charge in [0.2, 0.25) is 0 Å². The van der Waals surface area contributed by atoms with Gasteiger partial charge in [0.25, 0.3) is 11.8 Å². The number of nitrogens with zero attached hydrogens (tertiary/aromatic N) is 5. The Hall–Kier alpha value is -3.33. The van der Waals surface area contributed by atoms with Crippen LogP contribution in [0, 0.1) is 6.92 Å². The largest absolute Gasteiger partial charge is 0.402 e. The number of carbonyl (C=O) groups is 1. The van der Waals surface area contributed by atoms with E-state index in [0.717, 1.165) is 31.5 Å². The first-order valence-electron chi connectivity index (χ1n) is 9.98. The Morgan fingerprint density at radius 3 is 2.63 bits per heavy atom. The summed E-state index contributed by atoms with van der Waals surface area (Å²) in [4.78, 5) is 22.8. The van der Waals surface area contributed by atoms with Gasteiger partial charge in [0, 0.05) is 32.7 Å². The van der Waals surface area contributed by atoms with E-state index in [0.29, 0.717) is 40.6 Å². The standard InChI is InChI=1S/C21H25N7O2.H2/c1-13-18(19-26-27-21(30-19)24-16-8-10-22-11-9-16)25-17(12-23-13)14-4-6-15(7-5-14)20(29)28(2)3;/h4-7,12,16,22H,8-11H2,1-3H3,(H,24,27);1H. The van der Waals surface area contributed by atoms with Crippen molar-refractivity contribution in [3.05, 3.63) is 41.7 Å². The second-order valence-corrected chi connectivity index (χ2v) is 7.55. The smallest absolute Gasteiger partial charge is 0.316 e. The molecule has 9 heteroatoms. The number of aryl methyl sites for hydroxylation is 1. The fourth-order valence-corrected chi connectivity index (χ4v) is 3.35. The molecule has 1 aliphatic rings. The molecule has 4 rings (SSSR count). The monoisotopic (exact) mass is 409 g/mol. The summed E-state index contributed by atoms with van der Waals surface area (Å²) >= 11 is 0. The molecule has 0 radical (unpaired) electrons. The molecule has 1 aliphatic heterocycles. The maximum absolute atomic E-state index is 12.1. The summed E-state index contributed by atoms with van der Waals surface area (Å²) in [6.07, 6.45) is 3.73. The molecule has 30 heavy (non-hydrogen) atoms. The number of aromatic nitrogens is 4. The van der Waals surface area contributed by atoms with E-state index in [9.17, 15) is 4.79 Å². The molecule has 2 aromatic heterocycles. The maximum Gasteiger partial charge on any atom is 0.316 e. The summed E-state index contributed by atoms with van der Waals surface area (Å²) in [5.41, 5.74) is 3.40. The molecular weight excluding hydrogens is 382 g/mol. The van der Waals surface area contributed by atoms with Crippen molar-refractivity contribution < 1.29 is 10.6 Å².